The number of hydrogen-bond donors (Lipinski definition) is 0. The monoisotopic (exact) mass is 250 g/mol. The molecule has 5 atom stereocenters. The Morgan fingerprint density at radius 2 is 2.28 bits per heavy atom. The molecule has 18 heavy (non-hydrogen) atoms. The lowest BCUT2D eigenvalue weighted by molar-refractivity contribution is -0.164. The molecule has 3 fully saturated rings. The third-order valence-electron chi connectivity index (χ3n) is 4.87. The van der Waals surface area contributed by atoms with Gasteiger partial charge >= 0.3 is 11.9 Å². The van der Waals surface area contributed by atoms with Crippen LogP contribution in [0.3, 0.4) is 0 Å². The molecule has 1 heterocycles. The number of esters is 2. The predicted octanol–water partition coefficient (Wildman–Crippen LogP) is 1.69. The molecule has 4 heteroatoms. The van der Waals surface area contributed by atoms with Crippen LogP contribution in [0.15, 0.2) is 12.2 Å². The molecule has 2 bridgehead atoms. The Bertz CT molecular complexity index is 441. The van der Waals surface area contributed by atoms with Crippen LogP contribution >= 0.6 is 0 Å². The Morgan fingerprint density at radius 3 is 2.94 bits per heavy atom. The Balaban J connectivity index is 1.82. The molecule has 2 saturated carbocycles. The molecule has 0 N–H and O–H groups in total. The standard InChI is InChI=1S/C14H18O4/c1-7(2)12(15)18-14(3)5-8-4-10(14)11-9(8)6-17-13(11)16/h8-11H,1,4-6H2,2-3H3. The lowest BCUT2D eigenvalue weighted by Crippen LogP contribution is -2.44. The summed E-state index contributed by atoms with van der Waals surface area (Å²) in [6, 6.07) is 0. The fraction of sp³-hybridized carbons (Fsp3) is 0.714. The molecule has 3 aliphatic rings. The fourth-order valence-corrected chi connectivity index (χ4v) is 4.04. The molecule has 1 saturated heterocycles. The molecule has 3 rings (SSSR count). The van der Waals surface area contributed by atoms with E-state index < -0.39 is 5.60 Å². The van der Waals surface area contributed by atoms with Crippen molar-refractivity contribution in [2.75, 3.05) is 6.61 Å². The lowest BCUT2D eigenvalue weighted by atomic mass is 9.73. The summed E-state index contributed by atoms with van der Waals surface area (Å²) in [7, 11) is 0. The van der Waals surface area contributed by atoms with Crippen LogP contribution in [-0.4, -0.2) is 24.1 Å². The van der Waals surface area contributed by atoms with Crippen molar-refractivity contribution >= 4 is 11.9 Å². The topological polar surface area (TPSA) is 52.6 Å². The number of ether oxygens (including phenoxy) is 2. The number of rotatable bonds is 2. The number of carbonyl (C=O) groups excluding carboxylic acids is 2. The van der Waals surface area contributed by atoms with Gasteiger partial charge in [0.2, 0.25) is 0 Å². The highest BCUT2D eigenvalue weighted by atomic mass is 16.6. The normalized spacial score (nSPS) is 44.7. The van der Waals surface area contributed by atoms with Crippen LogP contribution in [0.4, 0.5) is 0 Å². The Labute approximate surface area is 106 Å². The van der Waals surface area contributed by atoms with Crippen molar-refractivity contribution in [3.63, 3.8) is 0 Å². The minimum Gasteiger partial charge on any atom is -0.465 e. The highest BCUT2D eigenvalue weighted by Gasteiger charge is 2.64. The zero-order chi connectivity index (χ0) is 13.1. The van der Waals surface area contributed by atoms with E-state index in [4.69, 9.17) is 9.47 Å². The lowest BCUT2D eigenvalue weighted by Gasteiger charge is -2.37. The van der Waals surface area contributed by atoms with Gasteiger partial charge in [-0.15, -0.1) is 0 Å². The third kappa shape index (κ3) is 1.44. The maximum atomic E-state index is 11.8. The molecule has 0 aromatic rings. The van der Waals surface area contributed by atoms with Gasteiger partial charge in [-0.25, -0.2) is 4.79 Å². The van der Waals surface area contributed by atoms with E-state index in [1.54, 1.807) is 6.92 Å². The second kappa shape index (κ2) is 3.59. The first-order chi connectivity index (χ1) is 8.42. The molecule has 2 aliphatic carbocycles. The quantitative estimate of drug-likeness (QED) is 0.553. The summed E-state index contributed by atoms with van der Waals surface area (Å²) in [5.41, 5.74) is -0.116. The van der Waals surface area contributed by atoms with E-state index in [0.29, 0.717) is 24.0 Å². The van der Waals surface area contributed by atoms with Gasteiger partial charge in [-0.2, -0.15) is 0 Å². The van der Waals surface area contributed by atoms with Crippen LogP contribution in [0.25, 0.3) is 0 Å². The minimum absolute atomic E-state index is 0.0633. The van der Waals surface area contributed by atoms with Gasteiger partial charge in [0.1, 0.15) is 5.60 Å². The molecule has 0 amide bonds. The summed E-state index contributed by atoms with van der Waals surface area (Å²) < 4.78 is 10.8. The number of cyclic esters (lactones) is 1. The fourth-order valence-electron chi connectivity index (χ4n) is 4.04. The highest BCUT2D eigenvalue weighted by Crippen LogP contribution is 2.60. The van der Waals surface area contributed by atoms with Gasteiger partial charge in [0.05, 0.1) is 12.5 Å². The second-order valence-corrected chi connectivity index (χ2v) is 6.11. The first-order valence-corrected chi connectivity index (χ1v) is 6.48. The number of fused-ring (bicyclic) bond motifs is 5. The van der Waals surface area contributed by atoms with Crippen LogP contribution in [0.1, 0.15) is 26.7 Å². The molecule has 5 unspecified atom stereocenters. The van der Waals surface area contributed by atoms with Gasteiger partial charge < -0.3 is 9.47 Å². The van der Waals surface area contributed by atoms with Crippen LogP contribution in [0.2, 0.25) is 0 Å². The van der Waals surface area contributed by atoms with E-state index >= 15 is 0 Å². The molecule has 0 radical (unpaired) electrons. The summed E-state index contributed by atoms with van der Waals surface area (Å²) in [6.07, 6.45) is 1.82. The van der Waals surface area contributed by atoms with Crippen molar-refractivity contribution in [2.45, 2.75) is 32.3 Å². The molecular formula is C14H18O4. The van der Waals surface area contributed by atoms with E-state index in [1.165, 1.54) is 0 Å². The number of carbonyl (C=O) groups is 2. The Morgan fingerprint density at radius 1 is 1.56 bits per heavy atom. The predicted molar refractivity (Wildman–Crippen MR) is 63.5 cm³/mol. The van der Waals surface area contributed by atoms with Gasteiger partial charge in [0.15, 0.2) is 0 Å². The average Bonchev–Trinajstić information content (AvgIpc) is 2.90. The SMILES string of the molecule is C=C(C)C(=O)OC1(C)CC2CC1C1C(=O)OCC21. The maximum Gasteiger partial charge on any atom is 0.333 e. The largest absolute Gasteiger partial charge is 0.465 e. The van der Waals surface area contributed by atoms with Crippen LogP contribution in [-0.2, 0) is 19.1 Å². The van der Waals surface area contributed by atoms with Gasteiger partial charge in [-0.1, -0.05) is 6.58 Å². The third-order valence-corrected chi connectivity index (χ3v) is 4.87. The van der Waals surface area contributed by atoms with Gasteiger partial charge in [-0.3, -0.25) is 4.79 Å². The molecule has 98 valence electrons. The summed E-state index contributed by atoms with van der Waals surface area (Å²) >= 11 is 0. The van der Waals surface area contributed by atoms with Crippen molar-refractivity contribution < 1.29 is 19.1 Å². The van der Waals surface area contributed by atoms with Gasteiger partial charge in [0.25, 0.3) is 0 Å². The zero-order valence-electron chi connectivity index (χ0n) is 10.8. The smallest absolute Gasteiger partial charge is 0.333 e. The summed E-state index contributed by atoms with van der Waals surface area (Å²) in [5, 5.41) is 0. The Kier molecular flexibility index (Phi) is 2.34. The first-order valence-electron chi connectivity index (χ1n) is 6.48. The minimum atomic E-state index is -0.523. The van der Waals surface area contributed by atoms with Crippen molar-refractivity contribution in [1.82, 2.24) is 0 Å². The van der Waals surface area contributed by atoms with Crippen LogP contribution < -0.4 is 0 Å². The van der Waals surface area contributed by atoms with E-state index in [1.807, 2.05) is 6.92 Å². The molecule has 4 nitrogen and oxygen atoms in total. The van der Waals surface area contributed by atoms with Crippen LogP contribution in [0, 0.1) is 23.7 Å². The van der Waals surface area contributed by atoms with E-state index in [0.717, 1.165) is 12.8 Å². The van der Waals surface area contributed by atoms with Gasteiger partial charge in [-0.05, 0) is 32.6 Å². The van der Waals surface area contributed by atoms with Crippen molar-refractivity contribution in [3.8, 4) is 0 Å². The first kappa shape index (κ1) is 11.8. The maximum absolute atomic E-state index is 11.8. The van der Waals surface area contributed by atoms with E-state index in [9.17, 15) is 9.59 Å². The van der Waals surface area contributed by atoms with E-state index in [-0.39, 0.29) is 23.8 Å². The summed E-state index contributed by atoms with van der Waals surface area (Å²) in [4.78, 5) is 23.5. The molecular weight excluding hydrogens is 232 g/mol. The molecule has 0 aromatic carbocycles. The summed E-state index contributed by atoms with van der Waals surface area (Å²) in [6.45, 7) is 7.75. The second-order valence-electron chi connectivity index (χ2n) is 6.11. The highest BCUT2D eigenvalue weighted by molar-refractivity contribution is 5.87. The van der Waals surface area contributed by atoms with Crippen LogP contribution in [0.5, 0.6) is 0 Å². The molecule has 1 aliphatic heterocycles. The van der Waals surface area contributed by atoms with Crippen molar-refractivity contribution in [3.05, 3.63) is 12.2 Å². The number of hydrogen-bond acceptors (Lipinski definition) is 4. The van der Waals surface area contributed by atoms with E-state index in [2.05, 4.69) is 6.58 Å². The average molecular weight is 250 g/mol. The molecule has 0 spiro atoms. The zero-order valence-corrected chi connectivity index (χ0v) is 10.8. The molecule has 0 aromatic heterocycles. The van der Waals surface area contributed by atoms with Gasteiger partial charge in [0, 0.05) is 17.4 Å². The Hall–Kier alpha value is -1.32. The van der Waals surface area contributed by atoms with Crippen molar-refractivity contribution in [2.24, 2.45) is 23.7 Å². The van der Waals surface area contributed by atoms with Crippen molar-refractivity contribution in [1.29, 1.82) is 0 Å². The summed E-state index contributed by atoms with van der Waals surface area (Å²) in [5.74, 6) is 0.392.